The van der Waals surface area contributed by atoms with Gasteiger partial charge in [0.1, 0.15) is 0 Å². The largest absolute Gasteiger partial charge is 0.352 e. The van der Waals surface area contributed by atoms with E-state index < -0.39 is 6.03 Å². The van der Waals surface area contributed by atoms with Crippen LogP contribution >= 0.6 is 11.3 Å². The van der Waals surface area contributed by atoms with E-state index in [1.165, 1.54) is 4.88 Å². The van der Waals surface area contributed by atoms with Crippen molar-refractivity contribution in [2.75, 3.05) is 13.1 Å². The molecule has 92 valence electrons. The number of carbonyl (C=O) groups excluding carboxylic acids is 2. The summed E-state index contributed by atoms with van der Waals surface area (Å²) in [5, 5.41) is 4.35. The van der Waals surface area contributed by atoms with Gasteiger partial charge in [-0.3, -0.25) is 4.79 Å². The van der Waals surface area contributed by atoms with Crippen molar-refractivity contribution in [1.29, 1.82) is 0 Å². The highest BCUT2D eigenvalue weighted by atomic mass is 32.1. The number of urea groups is 1. The first-order valence-electron chi connectivity index (χ1n) is 5.54. The highest BCUT2D eigenvalue weighted by Gasteiger charge is 2.30. The van der Waals surface area contributed by atoms with Gasteiger partial charge in [-0.2, -0.15) is 0 Å². The van der Waals surface area contributed by atoms with Crippen LogP contribution in [0.15, 0.2) is 17.5 Å². The second kappa shape index (κ2) is 5.18. The van der Waals surface area contributed by atoms with Crippen molar-refractivity contribution in [3.05, 3.63) is 22.4 Å². The van der Waals surface area contributed by atoms with Crippen LogP contribution in [-0.4, -0.2) is 29.9 Å². The van der Waals surface area contributed by atoms with Crippen LogP contribution in [-0.2, 0) is 4.79 Å². The van der Waals surface area contributed by atoms with Gasteiger partial charge in [0, 0.05) is 11.4 Å². The van der Waals surface area contributed by atoms with E-state index in [0.717, 1.165) is 19.4 Å². The number of primary amides is 1. The number of hydrogen-bond donors (Lipinski definition) is 2. The van der Waals surface area contributed by atoms with Crippen molar-refractivity contribution in [3.8, 4) is 0 Å². The standard InChI is InChI=1S/C11H15N3O2S/c12-11(16)13-7-10(15)14-5-1-3-8(14)9-4-2-6-17-9/h2,4,6,8H,1,3,5,7H2,(H3,12,13,16)/t8-/m1/s1. The summed E-state index contributed by atoms with van der Waals surface area (Å²) in [7, 11) is 0. The maximum atomic E-state index is 11.9. The Bertz CT molecular complexity index is 405. The molecule has 1 aromatic heterocycles. The van der Waals surface area contributed by atoms with Crippen LogP contribution in [0.3, 0.4) is 0 Å². The first-order chi connectivity index (χ1) is 8.18. The molecule has 0 unspecified atom stereocenters. The number of nitrogens with one attached hydrogen (secondary N) is 1. The lowest BCUT2D eigenvalue weighted by Crippen LogP contribution is -2.41. The van der Waals surface area contributed by atoms with Gasteiger partial charge < -0.3 is 16.0 Å². The third-order valence-electron chi connectivity index (χ3n) is 2.86. The molecule has 1 aliphatic heterocycles. The number of rotatable bonds is 3. The summed E-state index contributed by atoms with van der Waals surface area (Å²) in [5.41, 5.74) is 4.95. The van der Waals surface area contributed by atoms with Crippen LogP contribution < -0.4 is 11.1 Å². The fourth-order valence-corrected chi connectivity index (χ4v) is 2.98. The molecule has 0 radical (unpaired) electrons. The average Bonchev–Trinajstić information content (AvgIpc) is 2.94. The maximum Gasteiger partial charge on any atom is 0.312 e. The number of likely N-dealkylation sites (tertiary alicyclic amines) is 1. The van der Waals surface area contributed by atoms with Crippen LogP contribution in [0.4, 0.5) is 4.79 Å². The Morgan fingerprint density at radius 1 is 1.59 bits per heavy atom. The van der Waals surface area contributed by atoms with Gasteiger partial charge in [-0.15, -0.1) is 11.3 Å². The van der Waals surface area contributed by atoms with Crippen LogP contribution in [0.1, 0.15) is 23.8 Å². The van der Waals surface area contributed by atoms with Crippen LogP contribution in [0.2, 0.25) is 0 Å². The van der Waals surface area contributed by atoms with Gasteiger partial charge in [0.2, 0.25) is 5.91 Å². The molecule has 0 spiro atoms. The van der Waals surface area contributed by atoms with Gasteiger partial charge in [-0.1, -0.05) is 6.07 Å². The number of nitrogens with two attached hydrogens (primary N) is 1. The molecular formula is C11H15N3O2S. The maximum absolute atomic E-state index is 11.9. The summed E-state index contributed by atoms with van der Waals surface area (Å²) in [6, 6.07) is 3.54. The zero-order chi connectivity index (χ0) is 12.3. The summed E-state index contributed by atoms with van der Waals surface area (Å²) in [5.74, 6) is -0.0697. The first-order valence-corrected chi connectivity index (χ1v) is 6.42. The van der Waals surface area contributed by atoms with E-state index in [2.05, 4.69) is 5.32 Å². The van der Waals surface area contributed by atoms with E-state index >= 15 is 0 Å². The number of nitrogens with zero attached hydrogens (tertiary/aromatic N) is 1. The number of thiophene rings is 1. The van der Waals surface area contributed by atoms with Gasteiger partial charge >= 0.3 is 6.03 Å². The Labute approximate surface area is 104 Å². The predicted octanol–water partition coefficient (Wildman–Crippen LogP) is 1.08. The molecule has 2 rings (SSSR count). The van der Waals surface area contributed by atoms with Gasteiger partial charge in [0.25, 0.3) is 0 Å². The Balaban J connectivity index is 1.99. The van der Waals surface area contributed by atoms with E-state index in [1.807, 2.05) is 22.4 Å². The van der Waals surface area contributed by atoms with Gasteiger partial charge in [0.15, 0.2) is 0 Å². The Hall–Kier alpha value is -1.56. The smallest absolute Gasteiger partial charge is 0.312 e. The minimum atomic E-state index is -0.662. The molecule has 5 nitrogen and oxygen atoms in total. The fourth-order valence-electron chi connectivity index (χ4n) is 2.11. The van der Waals surface area contributed by atoms with Crippen molar-refractivity contribution < 1.29 is 9.59 Å². The summed E-state index contributed by atoms with van der Waals surface area (Å²) >= 11 is 1.66. The average molecular weight is 253 g/mol. The molecule has 0 saturated carbocycles. The van der Waals surface area contributed by atoms with Crippen LogP contribution in [0.5, 0.6) is 0 Å². The van der Waals surface area contributed by atoms with E-state index in [4.69, 9.17) is 5.73 Å². The van der Waals surface area contributed by atoms with Crippen molar-refractivity contribution in [3.63, 3.8) is 0 Å². The third-order valence-corrected chi connectivity index (χ3v) is 3.83. The molecular weight excluding hydrogens is 238 g/mol. The third kappa shape index (κ3) is 2.76. The molecule has 3 amide bonds. The van der Waals surface area contributed by atoms with Crippen molar-refractivity contribution in [2.24, 2.45) is 5.73 Å². The molecule has 1 aromatic rings. The number of carbonyl (C=O) groups is 2. The molecule has 0 bridgehead atoms. The Morgan fingerprint density at radius 2 is 2.41 bits per heavy atom. The minimum absolute atomic E-state index is 0.0167. The molecule has 3 N–H and O–H groups in total. The monoisotopic (exact) mass is 253 g/mol. The molecule has 1 saturated heterocycles. The van der Waals surface area contributed by atoms with Crippen molar-refractivity contribution >= 4 is 23.3 Å². The SMILES string of the molecule is NC(=O)NCC(=O)N1CCC[C@@H]1c1cccs1. The Kier molecular flexibility index (Phi) is 3.63. The zero-order valence-electron chi connectivity index (χ0n) is 9.39. The highest BCUT2D eigenvalue weighted by Crippen LogP contribution is 2.34. The molecule has 1 atom stereocenters. The van der Waals surface area contributed by atoms with Crippen LogP contribution in [0.25, 0.3) is 0 Å². The topological polar surface area (TPSA) is 75.4 Å². The summed E-state index contributed by atoms with van der Waals surface area (Å²) in [6.45, 7) is 0.735. The lowest BCUT2D eigenvalue weighted by Gasteiger charge is -2.23. The van der Waals surface area contributed by atoms with Crippen molar-refractivity contribution in [1.82, 2.24) is 10.2 Å². The second-order valence-corrected chi connectivity index (χ2v) is 4.96. The molecule has 1 fully saturated rings. The normalized spacial score (nSPS) is 19.3. The van der Waals surface area contributed by atoms with Gasteiger partial charge in [0.05, 0.1) is 12.6 Å². The molecule has 1 aliphatic rings. The van der Waals surface area contributed by atoms with E-state index in [-0.39, 0.29) is 18.5 Å². The first kappa shape index (κ1) is 11.9. The molecule has 6 heteroatoms. The number of amides is 3. The zero-order valence-corrected chi connectivity index (χ0v) is 10.2. The minimum Gasteiger partial charge on any atom is -0.352 e. The second-order valence-electron chi connectivity index (χ2n) is 3.98. The van der Waals surface area contributed by atoms with Crippen LogP contribution in [0, 0.1) is 0 Å². The summed E-state index contributed by atoms with van der Waals surface area (Å²) < 4.78 is 0. The molecule has 0 aromatic carbocycles. The lowest BCUT2D eigenvalue weighted by molar-refractivity contribution is -0.130. The summed E-state index contributed by atoms with van der Waals surface area (Å²) in [6.07, 6.45) is 1.99. The highest BCUT2D eigenvalue weighted by molar-refractivity contribution is 7.10. The lowest BCUT2D eigenvalue weighted by atomic mass is 10.2. The Morgan fingerprint density at radius 3 is 3.06 bits per heavy atom. The van der Waals surface area contributed by atoms with E-state index in [9.17, 15) is 9.59 Å². The molecule has 17 heavy (non-hydrogen) atoms. The van der Waals surface area contributed by atoms with E-state index in [0.29, 0.717) is 0 Å². The fraction of sp³-hybridized carbons (Fsp3) is 0.455. The molecule has 2 heterocycles. The predicted molar refractivity (Wildman–Crippen MR) is 65.6 cm³/mol. The summed E-state index contributed by atoms with van der Waals surface area (Å²) in [4.78, 5) is 25.5. The quantitative estimate of drug-likeness (QED) is 0.845. The molecule has 0 aliphatic carbocycles. The van der Waals surface area contributed by atoms with Gasteiger partial charge in [-0.05, 0) is 24.3 Å². The van der Waals surface area contributed by atoms with Gasteiger partial charge in [-0.25, -0.2) is 4.79 Å². The number of hydrogen-bond acceptors (Lipinski definition) is 3. The van der Waals surface area contributed by atoms with Crippen molar-refractivity contribution in [2.45, 2.75) is 18.9 Å². The van der Waals surface area contributed by atoms with E-state index in [1.54, 1.807) is 11.3 Å².